The number of piperidine rings is 1. The number of nitrogens with zero attached hydrogens (tertiary/aromatic N) is 2. The molecule has 154 valence electrons. The number of hydrogen-bond donors (Lipinski definition) is 0. The van der Waals surface area contributed by atoms with Crippen molar-refractivity contribution in [2.75, 3.05) is 26.2 Å². The Labute approximate surface area is 170 Å². The van der Waals surface area contributed by atoms with Gasteiger partial charge in [0, 0.05) is 37.7 Å². The van der Waals surface area contributed by atoms with Crippen LogP contribution in [0.2, 0.25) is 0 Å². The topological polar surface area (TPSA) is 53.8 Å². The third kappa shape index (κ3) is 4.13. The lowest BCUT2D eigenvalue weighted by molar-refractivity contribution is 0.0671. The molecule has 2 aliphatic rings. The van der Waals surface area contributed by atoms with Gasteiger partial charge in [-0.2, -0.15) is 0 Å². The summed E-state index contributed by atoms with van der Waals surface area (Å²) >= 11 is 0. The first kappa shape index (κ1) is 19.8. The first-order chi connectivity index (χ1) is 13.8. The normalized spacial score (nSPS) is 22.4. The Hall–Kier alpha value is -2.47. The number of hydrogen-bond acceptors (Lipinski definition) is 4. The van der Waals surface area contributed by atoms with Crippen molar-refractivity contribution < 1.29 is 13.6 Å². The fourth-order valence-electron chi connectivity index (χ4n) is 4.97. The molecule has 2 aliphatic heterocycles. The minimum absolute atomic E-state index is 0.0451. The highest BCUT2D eigenvalue weighted by molar-refractivity contribution is 5.96. The van der Waals surface area contributed by atoms with E-state index in [1.54, 1.807) is 13.8 Å². The van der Waals surface area contributed by atoms with Crippen LogP contribution in [0.25, 0.3) is 0 Å². The number of amides is 1. The van der Waals surface area contributed by atoms with Gasteiger partial charge in [-0.15, -0.1) is 0 Å². The third-order valence-electron chi connectivity index (χ3n) is 6.33. The van der Waals surface area contributed by atoms with E-state index in [1.165, 1.54) is 18.2 Å². The molecule has 29 heavy (non-hydrogen) atoms. The van der Waals surface area contributed by atoms with E-state index in [9.17, 15) is 14.0 Å². The number of rotatable bonds is 3. The maximum atomic E-state index is 13.2. The number of aryl methyl sites for hydroxylation is 2. The zero-order chi connectivity index (χ0) is 20.6. The van der Waals surface area contributed by atoms with E-state index in [2.05, 4.69) is 4.90 Å². The quantitative estimate of drug-likeness (QED) is 0.794. The highest BCUT2D eigenvalue weighted by Gasteiger charge is 2.43. The predicted molar refractivity (Wildman–Crippen MR) is 108 cm³/mol. The largest absolute Gasteiger partial charge is 0.427 e. The lowest BCUT2D eigenvalue weighted by atomic mass is 9.79. The highest BCUT2D eigenvalue weighted by Crippen LogP contribution is 2.40. The molecular formula is C23H27FN2O3. The molecule has 1 unspecified atom stereocenters. The smallest absolute Gasteiger partial charge is 0.336 e. The Morgan fingerprint density at radius 1 is 1.14 bits per heavy atom. The Morgan fingerprint density at radius 2 is 1.90 bits per heavy atom. The summed E-state index contributed by atoms with van der Waals surface area (Å²) in [6, 6.07) is 8.09. The van der Waals surface area contributed by atoms with Crippen LogP contribution in [-0.2, 0) is 6.54 Å². The van der Waals surface area contributed by atoms with E-state index in [0.717, 1.165) is 57.5 Å². The first-order valence-electron chi connectivity index (χ1n) is 10.2. The van der Waals surface area contributed by atoms with Crippen LogP contribution in [0.4, 0.5) is 4.39 Å². The van der Waals surface area contributed by atoms with E-state index < -0.39 is 5.63 Å². The van der Waals surface area contributed by atoms with Crippen molar-refractivity contribution >= 4 is 5.91 Å². The summed E-state index contributed by atoms with van der Waals surface area (Å²) in [5.74, 6) is 0.134. The van der Waals surface area contributed by atoms with Crippen LogP contribution < -0.4 is 5.63 Å². The molecule has 6 heteroatoms. The summed E-state index contributed by atoms with van der Waals surface area (Å²) in [5, 5.41) is 0. The average Bonchev–Trinajstić information content (AvgIpc) is 3.06. The van der Waals surface area contributed by atoms with Gasteiger partial charge in [0.25, 0.3) is 5.91 Å². The summed E-state index contributed by atoms with van der Waals surface area (Å²) in [4.78, 5) is 29.0. The highest BCUT2D eigenvalue weighted by atomic mass is 19.1. The van der Waals surface area contributed by atoms with Gasteiger partial charge in [0.1, 0.15) is 11.6 Å². The zero-order valence-corrected chi connectivity index (χ0v) is 17.0. The minimum atomic E-state index is -0.418. The monoisotopic (exact) mass is 398 g/mol. The Morgan fingerprint density at radius 3 is 2.62 bits per heavy atom. The molecule has 1 atom stereocenters. The summed E-state index contributed by atoms with van der Waals surface area (Å²) in [7, 11) is 0. The molecule has 0 radical (unpaired) electrons. The zero-order valence-electron chi connectivity index (χ0n) is 17.0. The molecule has 1 amide bonds. The van der Waals surface area contributed by atoms with Gasteiger partial charge in [-0.05, 0) is 62.9 Å². The fraction of sp³-hybridized carbons (Fsp3) is 0.478. The fourth-order valence-corrected chi connectivity index (χ4v) is 4.97. The molecule has 3 heterocycles. The van der Waals surface area contributed by atoms with Gasteiger partial charge >= 0.3 is 5.63 Å². The second-order valence-electron chi connectivity index (χ2n) is 8.60. The molecule has 2 aromatic rings. The molecule has 1 aromatic carbocycles. The Kier molecular flexibility index (Phi) is 5.30. The first-order valence-corrected chi connectivity index (χ1v) is 10.2. The maximum Gasteiger partial charge on any atom is 0.336 e. The Balaban J connectivity index is 1.46. The van der Waals surface area contributed by atoms with Gasteiger partial charge in [0.2, 0.25) is 0 Å². The van der Waals surface area contributed by atoms with Crippen LogP contribution in [0.5, 0.6) is 0 Å². The molecule has 2 fully saturated rings. The number of likely N-dealkylation sites (tertiary alicyclic amines) is 2. The third-order valence-corrected chi connectivity index (χ3v) is 6.33. The predicted octanol–water partition coefficient (Wildman–Crippen LogP) is 3.52. The van der Waals surface area contributed by atoms with Crippen LogP contribution in [0.3, 0.4) is 0 Å². The average molecular weight is 398 g/mol. The molecule has 0 N–H and O–H groups in total. The number of halogens is 1. The summed E-state index contributed by atoms with van der Waals surface area (Å²) in [6.07, 6.45) is 3.19. The van der Waals surface area contributed by atoms with E-state index in [-0.39, 0.29) is 17.1 Å². The van der Waals surface area contributed by atoms with Gasteiger partial charge in [-0.25, -0.2) is 9.18 Å². The van der Waals surface area contributed by atoms with Gasteiger partial charge < -0.3 is 9.32 Å². The van der Waals surface area contributed by atoms with Gasteiger partial charge in [0.15, 0.2) is 0 Å². The van der Waals surface area contributed by atoms with E-state index in [0.29, 0.717) is 16.9 Å². The second kappa shape index (κ2) is 7.75. The molecule has 5 nitrogen and oxygen atoms in total. The van der Waals surface area contributed by atoms with Gasteiger partial charge in [-0.3, -0.25) is 9.69 Å². The molecule has 4 rings (SSSR count). The van der Waals surface area contributed by atoms with Crippen molar-refractivity contribution in [2.24, 2.45) is 5.41 Å². The van der Waals surface area contributed by atoms with Crippen molar-refractivity contribution in [1.29, 1.82) is 0 Å². The van der Waals surface area contributed by atoms with Crippen molar-refractivity contribution in [3.8, 4) is 0 Å². The molecule has 0 bridgehead atoms. The Bertz CT molecular complexity index is 943. The number of benzene rings is 1. The number of carbonyl (C=O) groups is 1. The number of carbonyl (C=O) groups excluding carboxylic acids is 1. The molecule has 1 aromatic heterocycles. The van der Waals surface area contributed by atoms with E-state index in [1.807, 2.05) is 17.0 Å². The van der Waals surface area contributed by atoms with E-state index in [4.69, 9.17) is 4.42 Å². The van der Waals surface area contributed by atoms with Crippen LogP contribution in [0.15, 0.2) is 39.5 Å². The standard InChI is InChI=1S/C23H27FN2O3/c1-16-12-20(27)29-17(2)21(16)22(28)26-11-9-23(15-26)8-3-10-25(14-23)13-18-4-6-19(24)7-5-18/h4-7,12H,3,8-11,13-15H2,1-2H3. The second-order valence-corrected chi connectivity index (χ2v) is 8.60. The van der Waals surface area contributed by atoms with Crippen molar-refractivity contribution in [3.05, 3.63) is 69.0 Å². The van der Waals surface area contributed by atoms with E-state index >= 15 is 0 Å². The lowest BCUT2D eigenvalue weighted by Gasteiger charge is -2.40. The summed E-state index contributed by atoms with van der Waals surface area (Å²) in [5.41, 5.74) is 1.98. The molecule has 2 saturated heterocycles. The van der Waals surface area contributed by atoms with Crippen LogP contribution in [0, 0.1) is 25.1 Å². The lowest BCUT2D eigenvalue weighted by Crippen LogP contribution is -2.45. The van der Waals surface area contributed by atoms with Gasteiger partial charge in [0.05, 0.1) is 5.56 Å². The van der Waals surface area contributed by atoms with Crippen LogP contribution in [-0.4, -0.2) is 41.9 Å². The van der Waals surface area contributed by atoms with Crippen molar-refractivity contribution in [1.82, 2.24) is 9.80 Å². The summed E-state index contributed by atoms with van der Waals surface area (Å²) in [6.45, 7) is 7.68. The van der Waals surface area contributed by atoms with Gasteiger partial charge in [-0.1, -0.05) is 12.1 Å². The summed E-state index contributed by atoms with van der Waals surface area (Å²) < 4.78 is 18.3. The molecular weight excluding hydrogens is 371 g/mol. The molecule has 0 aliphatic carbocycles. The molecule has 1 spiro atoms. The van der Waals surface area contributed by atoms with Crippen molar-refractivity contribution in [3.63, 3.8) is 0 Å². The minimum Gasteiger partial charge on any atom is -0.427 e. The van der Waals surface area contributed by atoms with Crippen LogP contribution >= 0.6 is 0 Å². The maximum absolute atomic E-state index is 13.2. The molecule has 0 saturated carbocycles. The van der Waals surface area contributed by atoms with Crippen molar-refractivity contribution in [2.45, 2.75) is 39.7 Å². The SMILES string of the molecule is Cc1cc(=O)oc(C)c1C(=O)N1CCC2(CCCN(Cc3ccc(F)cc3)C2)C1. The van der Waals surface area contributed by atoms with Crippen LogP contribution in [0.1, 0.15) is 46.5 Å².